The molecule has 3 nitrogen and oxygen atoms in total. The van der Waals surface area contributed by atoms with Crippen LogP contribution in [0.1, 0.15) is 19.4 Å². The van der Waals surface area contributed by atoms with Gasteiger partial charge < -0.3 is 15.2 Å². The Kier molecular flexibility index (Phi) is 5.38. The molecule has 1 unspecified atom stereocenters. The molecule has 1 aromatic carbocycles. The molecule has 0 bridgehead atoms. The lowest BCUT2D eigenvalue weighted by Gasteiger charge is -2.15. The topological polar surface area (TPSA) is 41.5 Å². The number of nitrogens with one attached hydrogen (secondary N) is 1. The van der Waals surface area contributed by atoms with E-state index in [0.29, 0.717) is 23.9 Å². The molecule has 0 aliphatic rings. The monoisotopic (exact) mass is 241 g/mol. The van der Waals surface area contributed by atoms with Crippen LogP contribution in [0, 0.1) is 12.7 Å². The van der Waals surface area contributed by atoms with Gasteiger partial charge in [-0.3, -0.25) is 0 Å². The first kappa shape index (κ1) is 13.9. The van der Waals surface area contributed by atoms with Crippen LogP contribution in [0.15, 0.2) is 18.2 Å². The number of aliphatic hydroxyl groups excluding tert-OH is 1. The number of rotatable bonds is 6. The number of hydrogen-bond donors (Lipinski definition) is 2. The van der Waals surface area contributed by atoms with Gasteiger partial charge in [-0.1, -0.05) is 13.8 Å². The van der Waals surface area contributed by atoms with Gasteiger partial charge in [0.25, 0.3) is 0 Å². The van der Waals surface area contributed by atoms with Crippen LogP contribution in [-0.2, 0) is 0 Å². The number of ether oxygens (including phenoxy) is 1. The molecule has 0 aliphatic carbocycles. The maximum atomic E-state index is 13.0. The van der Waals surface area contributed by atoms with Crippen LogP contribution < -0.4 is 10.1 Å². The fraction of sp³-hybridized carbons (Fsp3) is 0.538. The van der Waals surface area contributed by atoms with Gasteiger partial charge in [-0.2, -0.15) is 0 Å². The fourth-order valence-corrected chi connectivity index (χ4v) is 1.33. The normalized spacial score (nSPS) is 12.8. The first-order valence-electron chi connectivity index (χ1n) is 5.79. The van der Waals surface area contributed by atoms with Crippen molar-refractivity contribution in [1.29, 1.82) is 0 Å². The minimum atomic E-state index is -0.567. The van der Waals surface area contributed by atoms with Crippen LogP contribution in [0.4, 0.5) is 4.39 Å². The molecule has 0 saturated carbocycles. The Balaban J connectivity index is 2.36. The zero-order valence-electron chi connectivity index (χ0n) is 10.5. The second-order valence-electron chi connectivity index (χ2n) is 4.44. The average Bonchev–Trinajstić information content (AvgIpc) is 2.28. The third-order valence-electron chi connectivity index (χ3n) is 2.33. The smallest absolute Gasteiger partial charge is 0.126 e. The van der Waals surface area contributed by atoms with Crippen molar-refractivity contribution in [3.05, 3.63) is 29.6 Å². The Labute approximate surface area is 102 Å². The molecule has 1 atom stereocenters. The van der Waals surface area contributed by atoms with Gasteiger partial charge >= 0.3 is 0 Å². The Morgan fingerprint density at radius 3 is 2.71 bits per heavy atom. The highest BCUT2D eigenvalue weighted by molar-refractivity contribution is 5.28. The van der Waals surface area contributed by atoms with Gasteiger partial charge in [-0.25, -0.2) is 4.39 Å². The number of benzene rings is 1. The molecular formula is C13H20FNO2. The summed E-state index contributed by atoms with van der Waals surface area (Å²) < 4.78 is 18.4. The van der Waals surface area contributed by atoms with Crippen LogP contribution in [0.25, 0.3) is 0 Å². The van der Waals surface area contributed by atoms with Crippen molar-refractivity contribution >= 4 is 0 Å². The van der Waals surface area contributed by atoms with Crippen LogP contribution in [0.5, 0.6) is 5.75 Å². The summed E-state index contributed by atoms with van der Waals surface area (Å²) in [5.74, 6) is 0.326. The minimum Gasteiger partial charge on any atom is -0.491 e. The van der Waals surface area contributed by atoms with Crippen molar-refractivity contribution in [3.63, 3.8) is 0 Å². The van der Waals surface area contributed by atoms with Crippen LogP contribution in [0.3, 0.4) is 0 Å². The Bertz CT molecular complexity index is 355. The summed E-state index contributed by atoms with van der Waals surface area (Å²) in [6.45, 7) is 6.38. The zero-order chi connectivity index (χ0) is 12.8. The van der Waals surface area contributed by atoms with Crippen LogP contribution in [0.2, 0.25) is 0 Å². The molecule has 0 heterocycles. The predicted molar refractivity (Wildman–Crippen MR) is 65.8 cm³/mol. The van der Waals surface area contributed by atoms with Gasteiger partial charge in [0.1, 0.15) is 24.3 Å². The van der Waals surface area contributed by atoms with Crippen molar-refractivity contribution in [1.82, 2.24) is 5.32 Å². The zero-order valence-corrected chi connectivity index (χ0v) is 10.5. The average molecular weight is 241 g/mol. The van der Waals surface area contributed by atoms with E-state index in [9.17, 15) is 9.50 Å². The van der Waals surface area contributed by atoms with Crippen molar-refractivity contribution in [2.75, 3.05) is 13.2 Å². The molecule has 0 aromatic heterocycles. The predicted octanol–water partition coefficient (Wildman–Crippen LogP) is 1.87. The summed E-state index contributed by atoms with van der Waals surface area (Å²) in [5, 5.41) is 12.7. The summed E-state index contributed by atoms with van der Waals surface area (Å²) >= 11 is 0. The highest BCUT2D eigenvalue weighted by Crippen LogP contribution is 2.15. The van der Waals surface area contributed by atoms with Crippen molar-refractivity contribution in [3.8, 4) is 5.75 Å². The molecule has 1 aromatic rings. The Hall–Kier alpha value is -1.13. The first-order valence-corrected chi connectivity index (χ1v) is 5.79. The number of halogens is 1. The summed E-state index contributed by atoms with van der Waals surface area (Å²) in [5.41, 5.74) is 0.539. The molecule has 1 rings (SSSR count). The lowest BCUT2D eigenvalue weighted by molar-refractivity contribution is 0.104. The third kappa shape index (κ3) is 5.15. The van der Waals surface area contributed by atoms with Gasteiger partial charge in [0, 0.05) is 12.6 Å². The first-order chi connectivity index (χ1) is 7.99. The quantitative estimate of drug-likeness (QED) is 0.799. The van der Waals surface area contributed by atoms with Gasteiger partial charge in [0.05, 0.1) is 0 Å². The van der Waals surface area contributed by atoms with Crippen LogP contribution >= 0.6 is 0 Å². The highest BCUT2D eigenvalue weighted by atomic mass is 19.1. The second-order valence-corrected chi connectivity index (χ2v) is 4.44. The second kappa shape index (κ2) is 6.57. The summed E-state index contributed by atoms with van der Waals surface area (Å²) in [6.07, 6.45) is -0.567. The van der Waals surface area contributed by atoms with Gasteiger partial charge in [0.2, 0.25) is 0 Å². The molecule has 0 saturated heterocycles. The summed E-state index contributed by atoms with van der Waals surface area (Å²) in [4.78, 5) is 0. The minimum absolute atomic E-state index is 0.199. The van der Waals surface area contributed by atoms with E-state index < -0.39 is 6.10 Å². The molecule has 96 valence electrons. The van der Waals surface area contributed by atoms with Gasteiger partial charge in [-0.05, 0) is 30.7 Å². The molecule has 0 fully saturated rings. The molecule has 0 amide bonds. The largest absolute Gasteiger partial charge is 0.491 e. The lowest BCUT2D eigenvalue weighted by atomic mass is 10.2. The number of aliphatic hydroxyl groups is 1. The third-order valence-corrected chi connectivity index (χ3v) is 2.33. The summed E-state index contributed by atoms with van der Waals surface area (Å²) in [6, 6.07) is 4.88. The van der Waals surface area contributed by atoms with Gasteiger partial charge in [-0.15, -0.1) is 0 Å². The molecule has 0 radical (unpaired) electrons. The number of hydrogen-bond acceptors (Lipinski definition) is 3. The highest BCUT2D eigenvalue weighted by Gasteiger charge is 2.06. The maximum absolute atomic E-state index is 13.0. The molecule has 0 aliphatic heterocycles. The van der Waals surface area contributed by atoms with E-state index in [2.05, 4.69) is 5.32 Å². The van der Waals surface area contributed by atoms with Crippen molar-refractivity contribution in [2.45, 2.75) is 32.9 Å². The lowest BCUT2D eigenvalue weighted by Crippen LogP contribution is -2.35. The van der Waals surface area contributed by atoms with E-state index in [-0.39, 0.29) is 12.4 Å². The van der Waals surface area contributed by atoms with Crippen molar-refractivity contribution < 1.29 is 14.2 Å². The fourth-order valence-electron chi connectivity index (χ4n) is 1.33. The number of aryl methyl sites for hydroxylation is 1. The van der Waals surface area contributed by atoms with E-state index in [1.807, 2.05) is 13.8 Å². The SMILES string of the molecule is Cc1cc(OCC(O)CNC(C)C)ccc1F. The molecule has 0 spiro atoms. The summed E-state index contributed by atoms with van der Waals surface area (Å²) in [7, 11) is 0. The molecule has 2 N–H and O–H groups in total. The van der Waals surface area contributed by atoms with Crippen molar-refractivity contribution in [2.24, 2.45) is 0 Å². The van der Waals surface area contributed by atoms with Crippen LogP contribution in [-0.4, -0.2) is 30.4 Å². The maximum Gasteiger partial charge on any atom is 0.126 e. The van der Waals surface area contributed by atoms with E-state index in [1.165, 1.54) is 6.07 Å². The van der Waals surface area contributed by atoms with E-state index in [1.54, 1.807) is 19.1 Å². The van der Waals surface area contributed by atoms with E-state index >= 15 is 0 Å². The molecular weight excluding hydrogens is 221 g/mol. The molecule has 4 heteroatoms. The standard InChI is InChI=1S/C13H20FNO2/c1-9(2)15-7-11(16)8-17-12-4-5-13(14)10(3)6-12/h4-6,9,11,15-16H,7-8H2,1-3H3. The molecule has 17 heavy (non-hydrogen) atoms. The van der Waals surface area contributed by atoms with Gasteiger partial charge in [0.15, 0.2) is 0 Å². The van der Waals surface area contributed by atoms with E-state index in [0.717, 1.165) is 0 Å². The Morgan fingerprint density at radius 1 is 1.41 bits per heavy atom. The Morgan fingerprint density at radius 2 is 2.12 bits per heavy atom. The van der Waals surface area contributed by atoms with E-state index in [4.69, 9.17) is 4.74 Å².